The van der Waals surface area contributed by atoms with E-state index in [1.807, 2.05) is 30.3 Å². The molecule has 2 N–H and O–H groups in total. The van der Waals surface area contributed by atoms with Crippen LogP contribution in [-0.4, -0.2) is 28.9 Å². The first-order valence-electron chi connectivity index (χ1n) is 8.69. The molecular formula is C21H20N4O3. The minimum Gasteiger partial charge on any atom is -0.497 e. The van der Waals surface area contributed by atoms with Crippen molar-refractivity contribution in [2.75, 3.05) is 7.11 Å². The molecule has 0 aliphatic carbocycles. The summed E-state index contributed by atoms with van der Waals surface area (Å²) in [6, 6.07) is 12.6. The number of ether oxygens (including phenoxy) is 1. The van der Waals surface area contributed by atoms with Gasteiger partial charge in [-0.2, -0.15) is 0 Å². The topological polar surface area (TPSA) is 93.2 Å². The number of hydrogen-bond donors (Lipinski definition) is 2. The Bertz CT molecular complexity index is 943. The maximum atomic E-state index is 12.4. The smallest absolute Gasteiger partial charge is 0.253 e. The quantitative estimate of drug-likeness (QED) is 0.660. The van der Waals surface area contributed by atoms with Gasteiger partial charge in [0.25, 0.3) is 11.8 Å². The van der Waals surface area contributed by atoms with Crippen LogP contribution in [0.4, 0.5) is 0 Å². The van der Waals surface area contributed by atoms with E-state index >= 15 is 0 Å². The first-order chi connectivity index (χ1) is 13.7. The minimum absolute atomic E-state index is 0.301. The molecule has 2 heterocycles. The largest absolute Gasteiger partial charge is 0.497 e. The normalized spacial score (nSPS) is 10.2. The highest BCUT2D eigenvalue weighted by Gasteiger charge is 2.11. The zero-order valence-electron chi connectivity index (χ0n) is 15.4. The molecule has 0 saturated carbocycles. The molecule has 0 spiro atoms. The molecule has 0 unspecified atom stereocenters. The number of carbonyl (C=O) groups is 2. The molecule has 3 aromatic rings. The summed E-state index contributed by atoms with van der Waals surface area (Å²) in [5, 5.41) is 5.60. The van der Waals surface area contributed by atoms with Gasteiger partial charge in [0, 0.05) is 37.9 Å². The third-order valence-electron chi connectivity index (χ3n) is 4.05. The van der Waals surface area contributed by atoms with Crippen molar-refractivity contribution in [3.05, 3.63) is 89.5 Å². The second-order valence-corrected chi connectivity index (χ2v) is 6.04. The van der Waals surface area contributed by atoms with E-state index in [1.54, 1.807) is 25.6 Å². The van der Waals surface area contributed by atoms with Gasteiger partial charge in [0.2, 0.25) is 0 Å². The lowest BCUT2D eigenvalue weighted by atomic mass is 10.1. The van der Waals surface area contributed by atoms with Gasteiger partial charge < -0.3 is 15.4 Å². The van der Waals surface area contributed by atoms with Crippen molar-refractivity contribution in [3.63, 3.8) is 0 Å². The summed E-state index contributed by atoms with van der Waals surface area (Å²) in [5.41, 5.74) is 2.47. The van der Waals surface area contributed by atoms with Crippen molar-refractivity contribution in [2.45, 2.75) is 13.1 Å². The van der Waals surface area contributed by atoms with E-state index in [0.717, 1.165) is 16.9 Å². The average molecular weight is 376 g/mol. The second kappa shape index (κ2) is 9.27. The van der Waals surface area contributed by atoms with Crippen molar-refractivity contribution < 1.29 is 14.3 Å². The molecule has 142 valence electrons. The van der Waals surface area contributed by atoms with Crippen molar-refractivity contribution in [1.82, 2.24) is 20.6 Å². The second-order valence-electron chi connectivity index (χ2n) is 6.04. The standard InChI is InChI=1S/C21H20N4O3/c1-28-19-6-4-15(5-7-19)11-24-20(26)17-9-18(14-23-13-17)21(27)25-12-16-3-2-8-22-10-16/h2-10,13-14H,11-12H2,1H3,(H,24,26)(H,25,27). The predicted octanol–water partition coefficient (Wildman–Crippen LogP) is 2.35. The number of nitrogens with zero attached hydrogens (tertiary/aromatic N) is 2. The molecule has 2 amide bonds. The van der Waals surface area contributed by atoms with Crippen LogP contribution in [0.15, 0.2) is 67.3 Å². The van der Waals surface area contributed by atoms with Gasteiger partial charge >= 0.3 is 0 Å². The highest BCUT2D eigenvalue weighted by molar-refractivity contribution is 5.99. The summed E-state index contributed by atoms with van der Waals surface area (Å²) in [7, 11) is 1.60. The van der Waals surface area contributed by atoms with Gasteiger partial charge in [0.05, 0.1) is 18.2 Å². The number of aromatic nitrogens is 2. The summed E-state index contributed by atoms with van der Waals surface area (Å²) in [6.07, 6.45) is 6.21. The van der Waals surface area contributed by atoms with Crippen molar-refractivity contribution in [3.8, 4) is 5.75 Å². The molecule has 0 bridgehead atoms. The van der Waals surface area contributed by atoms with Crippen molar-refractivity contribution in [1.29, 1.82) is 0 Å². The number of hydrogen-bond acceptors (Lipinski definition) is 5. The van der Waals surface area contributed by atoms with Gasteiger partial charge in [-0.15, -0.1) is 0 Å². The van der Waals surface area contributed by atoms with E-state index in [0.29, 0.717) is 24.2 Å². The minimum atomic E-state index is -0.304. The molecule has 0 fully saturated rings. The lowest BCUT2D eigenvalue weighted by molar-refractivity contribution is 0.0950. The van der Waals surface area contributed by atoms with E-state index in [-0.39, 0.29) is 11.8 Å². The van der Waals surface area contributed by atoms with Gasteiger partial charge in [-0.25, -0.2) is 0 Å². The van der Waals surface area contributed by atoms with E-state index < -0.39 is 0 Å². The summed E-state index contributed by atoms with van der Waals surface area (Å²) in [4.78, 5) is 32.7. The zero-order valence-corrected chi connectivity index (χ0v) is 15.4. The number of methoxy groups -OCH3 is 1. The summed E-state index contributed by atoms with van der Waals surface area (Å²) >= 11 is 0. The van der Waals surface area contributed by atoms with Crippen LogP contribution in [0.1, 0.15) is 31.8 Å². The van der Waals surface area contributed by atoms with Gasteiger partial charge in [-0.3, -0.25) is 19.6 Å². The van der Waals surface area contributed by atoms with Crippen LogP contribution < -0.4 is 15.4 Å². The highest BCUT2D eigenvalue weighted by atomic mass is 16.5. The van der Waals surface area contributed by atoms with E-state index in [4.69, 9.17) is 4.74 Å². The number of amides is 2. The number of rotatable bonds is 7. The first kappa shape index (κ1) is 19.0. The molecule has 3 rings (SSSR count). The van der Waals surface area contributed by atoms with Gasteiger partial charge in [-0.05, 0) is 35.4 Å². The Balaban J connectivity index is 1.58. The maximum Gasteiger partial charge on any atom is 0.253 e. The number of nitrogens with one attached hydrogen (secondary N) is 2. The molecule has 0 aliphatic heterocycles. The molecule has 0 radical (unpaired) electrons. The Morgan fingerprint density at radius 1 is 0.857 bits per heavy atom. The molecule has 0 aliphatic rings. The van der Waals surface area contributed by atoms with Crippen LogP contribution in [0.25, 0.3) is 0 Å². The SMILES string of the molecule is COc1ccc(CNC(=O)c2cncc(C(=O)NCc3cccnc3)c2)cc1. The third-order valence-corrected chi connectivity index (χ3v) is 4.05. The lowest BCUT2D eigenvalue weighted by Crippen LogP contribution is -2.25. The monoisotopic (exact) mass is 376 g/mol. The van der Waals surface area contributed by atoms with Crippen LogP contribution >= 0.6 is 0 Å². The summed E-state index contributed by atoms with van der Waals surface area (Å²) < 4.78 is 5.11. The number of pyridine rings is 2. The van der Waals surface area contributed by atoms with Crippen LogP contribution in [0.5, 0.6) is 5.75 Å². The Morgan fingerprint density at radius 2 is 1.50 bits per heavy atom. The van der Waals surface area contributed by atoms with E-state index in [2.05, 4.69) is 20.6 Å². The van der Waals surface area contributed by atoms with E-state index in [9.17, 15) is 9.59 Å². The summed E-state index contributed by atoms with van der Waals surface area (Å²) in [5.74, 6) is 0.149. The molecule has 28 heavy (non-hydrogen) atoms. The predicted molar refractivity (Wildman–Crippen MR) is 104 cm³/mol. The molecule has 0 saturated heterocycles. The number of carbonyl (C=O) groups excluding carboxylic acids is 2. The molecular weight excluding hydrogens is 356 g/mol. The van der Waals surface area contributed by atoms with Crippen molar-refractivity contribution in [2.24, 2.45) is 0 Å². The highest BCUT2D eigenvalue weighted by Crippen LogP contribution is 2.11. The fraction of sp³-hybridized carbons (Fsp3) is 0.143. The van der Waals surface area contributed by atoms with E-state index in [1.165, 1.54) is 18.5 Å². The maximum absolute atomic E-state index is 12.4. The molecule has 0 atom stereocenters. The van der Waals surface area contributed by atoms with Crippen molar-refractivity contribution >= 4 is 11.8 Å². The Labute approximate surface area is 162 Å². The average Bonchev–Trinajstić information content (AvgIpc) is 2.77. The molecule has 7 heteroatoms. The van der Waals surface area contributed by atoms with Gasteiger partial charge in [0.15, 0.2) is 0 Å². The fourth-order valence-corrected chi connectivity index (χ4v) is 2.50. The van der Waals surface area contributed by atoms with Gasteiger partial charge in [0.1, 0.15) is 5.75 Å². The fourth-order valence-electron chi connectivity index (χ4n) is 2.50. The number of benzene rings is 1. The zero-order chi connectivity index (χ0) is 19.8. The molecule has 2 aromatic heterocycles. The summed E-state index contributed by atoms with van der Waals surface area (Å²) in [6.45, 7) is 0.709. The first-order valence-corrected chi connectivity index (χ1v) is 8.69. The Morgan fingerprint density at radius 3 is 2.07 bits per heavy atom. The van der Waals surface area contributed by atoms with Gasteiger partial charge in [-0.1, -0.05) is 18.2 Å². The molecule has 7 nitrogen and oxygen atoms in total. The van der Waals surface area contributed by atoms with Crippen LogP contribution in [0.2, 0.25) is 0 Å². The van der Waals surface area contributed by atoms with Crippen LogP contribution in [0, 0.1) is 0 Å². The lowest BCUT2D eigenvalue weighted by Gasteiger charge is -2.08. The Kier molecular flexibility index (Phi) is 6.30. The Hall–Kier alpha value is -3.74. The van der Waals surface area contributed by atoms with Crippen LogP contribution in [0.3, 0.4) is 0 Å². The molecule has 1 aromatic carbocycles. The third kappa shape index (κ3) is 5.14. The van der Waals surface area contributed by atoms with Crippen LogP contribution in [-0.2, 0) is 13.1 Å².